The summed E-state index contributed by atoms with van der Waals surface area (Å²) in [7, 11) is 0. The standard InChI is InChI=1S/C15H13NO5/c1-9-6-10(21-14(9)15(18)19)7-16-11-4-2-3-5-12(11)20-8-13(16)17/h2-6H,7-8H2,1H3,(H,18,19). The number of aromatic carboxylic acids is 1. The smallest absolute Gasteiger partial charge is 0.372 e. The van der Waals surface area contributed by atoms with E-state index in [0.29, 0.717) is 22.8 Å². The number of fused-ring (bicyclic) bond motifs is 1. The van der Waals surface area contributed by atoms with Gasteiger partial charge < -0.3 is 14.3 Å². The minimum atomic E-state index is -1.12. The van der Waals surface area contributed by atoms with Crippen molar-refractivity contribution in [3.8, 4) is 5.75 Å². The molecule has 1 N–H and O–H groups in total. The number of anilines is 1. The third kappa shape index (κ3) is 2.35. The van der Waals surface area contributed by atoms with Crippen LogP contribution in [0.5, 0.6) is 5.75 Å². The van der Waals surface area contributed by atoms with Crippen LogP contribution in [0.3, 0.4) is 0 Å². The fraction of sp³-hybridized carbons (Fsp3) is 0.200. The molecule has 108 valence electrons. The number of ether oxygens (including phenoxy) is 1. The van der Waals surface area contributed by atoms with Gasteiger partial charge in [-0.1, -0.05) is 12.1 Å². The van der Waals surface area contributed by atoms with Crippen LogP contribution in [0, 0.1) is 6.92 Å². The van der Waals surface area contributed by atoms with Crippen LogP contribution >= 0.6 is 0 Å². The largest absolute Gasteiger partial charge is 0.482 e. The van der Waals surface area contributed by atoms with E-state index in [0.717, 1.165) is 0 Å². The predicted molar refractivity (Wildman–Crippen MR) is 73.5 cm³/mol. The van der Waals surface area contributed by atoms with Gasteiger partial charge in [-0.05, 0) is 25.1 Å². The van der Waals surface area contributed by atoms with Gasteiger partial charge in [0, 0.05) is 5.56 Å². The Labute approximate surface area is 120 Å². The van der Waals surface area contributed by atoms with Crippen molar-refractivity contribution < 1.29 is 23.8 Å². The van der Waals surface area contributed by atoms with Crippen LogP contribution in [0.15, 0.2) is 34.7 Å². The second kappa shape index (κ2) is 4.97. The van der Waals surface area contributed by atoms with Gasteiger partial charge in [-0.15, -0.1) is 0 Å². The monoisotopic (exact) mass is 287 g/mol. The van der Waals surface area contributed by atoms with Crippen LogP contribution in [0.1, 0.15) is 21.9 Å². The quantitative estimate of drug-likeness (QED) is 0.936. The summed E-state index contributed by atoms with van der Waals surface area (Å²) in [5.41, 5.74) is 1.19. The molecular weight excluding hydrogens is 274 g/mol. The highest BCUT2D eigenvalue weighted by Crippen LogP contribution is 2.33. The van der Waals surface area contributed by atoms with E-state index >= 15 is 0 Å². The zero-order valence-electron chi connectivity index (χ0n) is 11.3. The number of rotatable bonds is 3. The first-order chi connectivity index (χ1) is 10.1. The summed E-state index contributed by atoms with van der Waals surface area (Å²) in [4.78, 5) is 24.6. The summed E-state index contributed by atoms with van der Waals surface area (Å²) in [6, 6.07) is 8.83. The summed E-state index contributed by atoms with van der Waals surface area (Å²) in [5, 5.41) is 9.00. The van der Waals surface area contributed by atoms with Crippen molar-refractivity contribution >= 4 is 17.6 Å². The van der Waals surface area contributed by atoms with Crippen molar-refractivity contribution in [2.45, 2.75) is 13.5 Å². The first kappa shape index (κ1) is 13.2. The van der Waals surface area contributed by atoms with Gasteiger partial charge in [0.2, 0.25) is 5.76 Å². The maximum Gasteiger partial charge on any atom is 0.372 e. The summed E-state index contributed by atoms with van der Waals surface area (Å²) < 4.78 is 10.7. The molecule has 1 aromatic heterocycles. The average Bonchev–Trinajstić information content (AvgIpc) is 2.83. The molecule has 1 aromatic carbocycles. The van der Waals surface area contributed by atoms with Gasteiger partial charge in [-0.25, -0.2) is 4.79 Å². The Hall–Kier alpha value is -2.76. The molecule has 3 rings (SSSR count). The Balaban J connectivity index is 1.92. The number of hydrogen-bond acceptors (Lipinski definition) is 4. The van der Waals surface area contributed by atoms with Crippen molar-refractivity contribution in [3.05, 3.63) is 47.4 Å². The van der Waals surface area contributed by atoms with Crippen molar-refractivity contribution in [3.63, 3.8) is 0 Å². The zero-order valence-corrected chi connectivity index (χ0v) is 11.3. The van der Waals surface area contributed by atoms with Crippen LogP contribution in [0.4, 0.5) is 5.69 Å². The lowest BCUT2D eigenvalue weighted by atomic mass is 10.2. The molecule has 0 radical (unpaired) electrons. The molecule has 0 unspecified atom stereocenters. The maximum absolute atomic E-state index is 12.0. The lowest BCUT2D eigenvalue weighted by Crippen LogP contribution is -2.38. The summed E-state index contributed by atoms with van der Waals surface area (Å²) in [5.74, 6) is -0.361. The molecule has 0 saturated heterocycles. The van der Waals surface area contributed by atoms with Gasteiger partial charge in [-0.3, -0.25) is 9.69 Å². The van der Waals surface area contributed by atoms with Crippen LogP contribution in [-0.2, 0) is 11.3 Å². The number of carbonyl (C=O) groups excluding carboxylic acids is 1. The SMILES string of the molecule is Cc1cc(CN2C(=O)COc3ccccc32)oc1C(=O)O. The molecule has 1 aliphatic rings. The fourth-order valence-electron chi connectivity index (χ4n) is 2.32. The Morgan fingerprint density at radius 1 is 1.38 bits per heavy atom. The molecule has 1 amide bonds. The third-order valence-electron chi connectivity index (χ3n) is 3.29. The highest BCUT2D eigenvalue weighted by molar-refractivity contribution is 5.97. The van der Waals surface area contributed by atoms with Crippen LogP contribution in [0.2, 0.25) is 0 Å². The van der Waals surface area contributed by atoms with Gasteiger partial charge in [0.25, 0.3) is 5.91 Å². The number of carboxylic acid groups (broad SMARTS) is 1. The van der Waals surface area contributed by atoms with E-state index in [-0.39, 0.29) is 24.8 Å². The molecule has 0 spiro atoms. The molecule has 0 bridgehead atoms. The lowest BCUT2D eigenvalue weighted by Gasteiger charge is -2.28. The topological polar surface area (TPSA) is 80.0 Å². The van der Waals surface area contributed by atoms with E-state index in [1.165, 1.54) is 4.90 Å². The van der Waals surface area contributed by atoms with Crippen LogP contribution in [0.25, 0.3) is 0 Å². The Morgan fingerprint density at radius 2 is 2.14 bits per heavy atom. The van der Waals surface area contributed by atoms with Crippen molar-refractivity contribution in [1.29, 1.82) is 0 Å². The highest BCUT2D eigenvalue weighted by atomic mass is 16.5. The molecule has 0 aliphatic carbocycles. The van der Waals surface area contributed by atoms with Crippen molar-refractivity contribution in [2.75, 3.05) is 11.5 Å². The van der Waals surface area contributed by atoms with E-state index in [1.54, 1.807) is 25.1 Å². The predicted octanol–water partition coefficient (Wildman–Crippen LogP) is 2.21. The number of carboxylic acids is 1. The third-order valence-corrected chi connectivity index (χ3v) is 3.29. The molecule has 6 nitrogen and oxygen atoms in total. The number of nitrogens with zero attached hydrogens (tertiary/aromatic N) is 1. The summed E-state index contributed by atoms with van der Waals surface area (Å²) >= 11 is 0. The number of furan rings is 1. The van der Waals surface area contributed by atoms with Gasteiger partial charge in [0.15, 0.2) is 6.61 Å². The molecule has 2 heterocycles. The van der Waals surface area contributed by atoms with Gasteiger partial charge >= 0.3 is 5.97 Å². The molecule has 2 aromatic rings. The lowest BCUT2D eigenvalue weighted by molar-refractivity contribution is -0.121. The minimum Gasteiger partial charge on any atom is -0.482 e. The normalized spacial score (nSPS) is 13.8. The van der Waals surface area contributed by atoms with E-state index in [9.17, 15) is 9.59 Å². The molecular formula is C15H13NO5. The maximum atomic E-state index is 12.0. The first-order valence-electron chi connectivity index (χ1n) is 6.41. The number of para-hydroxylation sites is 2. The van der Waals surface area contributed by atoms with E-state index in [2.05, 4.69) is 0 Å². The van der Waals surface area contributed by atoms with E-state index in [4.69, 9.17) is 14.3 Å². The Bertz CT molecular complexity index is 719. The van der Waals surface area contributed by atoms with Crippen LogP contribution < -0.4 is 9.64 Å². The van der Waals surface area contributed by atoms with E-state index < -0.39 is 5.97 Å². The number of carbonyl (C=O) groups is 2. The molecule has 0 atom stereocenters. The number of amides is 1. The summed E-state index contributed by atoms with van der Waals surface area (Å²) in [6.45, 7) is 1.79. The molecule has 6 heteroatoms. The Morgan fingerprint density at radius 3 is 2.86 bits per heavy atom. The Kier molecular flexibility index (Phi) is 3.13. The average molecular weight is 287 g/mol. The zero-order chi connectivity index (χ0) is 15.0. The first-order valence-corrected chi connectivity index (χ1v) is 6.41. The molecule has 0 fully saturated rings. The molecule has 0 saturated carbocycles. The van der Waals surface area contributed by atoms with Gasteiger partial charge in [0.05, 0.1) is 12.2 Å². The van der Waals surface area contributed by atoms with Crippen molar-refractivity contribution in [2.24, 2.45) is 0 Å². The van der Waals surface area contributed by atoms with E-state index in [1.807, 2.05) is 12.1 Å². The second-order valence-corrected chi connectivity index (χ2v) is 4.77. The number of benzene rings is 1. The fourth-order valence-corrected chi connectivity index (χ4v) is 2.32. The second-order valence-electron chi connectivity index (χ2n) is 4.77. The van der Waals surface area contributed by atoms with Gasteiger partial charge in [-0.2, -0.15) is 0 Å². The van der Waals surface area contributed by atoms with Gasteiger partial charge in [0.1, 0.15) is 11.5 Å². The molecule has 1 aliphatic heterocycles. The van der Waals surface area contributed by atoms with Crippen molar-refractivity contribution in [1.82, 2.24) is 0 Å². The minimum absolute atomic E-state index is 0.0392. The van der Waals surface area contributed by atoms with Crippen LogP contribution in [-0.4, -0.2) is 23.6 Å². The highest BCUT2D eigenvalue weighted by Gasteiger charge is 2.27. The number of aryl methyl sites for hydroxylation is 1. The summed E-state index contributed by atoms with van der Waals surface area (Å²) in [6.07, 6.45) is 0. The number of hydrogen-bond donors (Lipinski definition) is 1. The molecule has 21 heavy (non-hydrogen) atoms.